The Morgan fingerprint density at radius 2 is 2.06 bits per heavy atom. The quantitative estimate of drug-likeness (QED) is 0.733. The molecule has 0 N–H and O–H groups in total. The van der Waals surface area contributed by atoms with Crippen LogP contribution in [0.25, 0.3) is 0 Å². The van der Waals surface area contributed by atoms with Crippen molar-refractivity contribution in [3.63, 3.8) is 0 Å². The number of nitriles is 1. The Labute approximate surface area is 98.4 Å². The summed E-state index contributed by atoms with van der Waals surface area (Å²) in [5, 5.41) is 9.07. The van der Waals surface area contributed by atoms with Gasteiger partial charge in [0, 0.05) is 13.6 Å². The molecular formula is C13H22N2O. The molecule has 1 fully saturated rings. The van der Waals surface area contributed by atoms with E-state index in [1.54, 1.807) is 11.8 Å². The molecule has 1 saturated carbocycles. The molecule has 3 nitrogen and oxygen atoms in total. The summed E-state index contributed by atoms with van der Waals surface area (Å²) in [7, 11) is 1.83. The summed E-state index contributed by atoms with van der Waals surface area (Å²) in [6, 6.07) is 2.14. The van der Waals surface area contributed by atoms with Gasteiger partial charge in [-0.25, -0.2) is 0 Å². The maximum absolute atomic E-state index is 12.1. The predicted molar refractivity (Wildman–Crippen MR) is 63.6 cm³/mol. The van der Waals surface area contributed by atoms with Crippen LogP contribution in [0.3, 0.4) is 0 Å². The molecule has 0 aromatic carbocycles. The summed E-state index contributed by atoms with van der Waals surface area (Å²) in [6.07, 6.45) is 5.61. The first-order valence-corrected chi connectivity index (χ1v) is 6.20. The number of nitrogens with zero attached hydrogens (tertiary/aromatic N) is 2. The van der Waals surface area contributed by atoms with Crippen molar-refractivity contribution >= 4 is 5.91 Å². The Bertz CT molecular complexity index is 289. The second-order valence-electron chi connectivity index (χ2n) is 5.13. The first kappa shape index (κ1) is 13.0. The van der Waals surface area contributed by atoms with E-state index in [2.05, 4.69) is 6.07 Å². The van der Waals surface area contributed by atoms with Gasteiger partial charge in [-0.2, -0.15) is 5.26 Å². The summed E-state index contributed by atoms with van der Waals surface area (Å²) in [4.78, 5) is 13.9. The van der Waals surface area contributed by atoms with Gasteiger partial charge in [-0.3, -0.25) is 4.79 Å². The van der Waals surface area contributed by atoms with Crippen molar-refractivity contribution in [1.29, 1.82) is 5.26 Å². The average Bonchev–Trinajstić information content (AvgIpc) is 2.79. The Kier molecular flexibility index (Phi) is 4.35. The van der Waals surface area contributed by atoms with Crippen LogP contribution >= 0.6 is 0 Å². The Morgan fingerprint density at radius 3 is 2.50 bits per heavy atom. The highest BCUT2D eigenvalue weighted by Crippen LogP contribution is 2.27. The molecule has 1 rings (SSSR count). The molecular weight excluding hydrogens is 200 g/mol. The van der Waals surface area contributed by atoms with Crippen LogP contribution in [0.15, 0.2) is 0 Å². The Hall–Kier alpha value is -1.04. The molecule has 1 atom stereocenters. The lowest BCUT2D eigenvalue weighted by atomic mass is 9.87. The highest BCUT2D eigenvalue weighted by Gasteiger charge is 2.34. The van der Waals surface area contributed by atoms with Crippen molar-refractivity contribution in [2.45, 2.75) is 46.0 Å². The molecule has 16 heavy (non-hydrogen) atoms. The summed E-state index contributed by atoms with van der Waals surface area (Å²) >= 11 is 0. The first-order chi connectivity index (χ1) is 7.53. The van der Waals surface area contributed by atoms with Crippen LogP contribution in [0, 0.1) is 22.7 Å². The highest BCUT2D eigenvalue weighted by atomic mass is 16.2. The smallest absolute Gasteiger partial charge is 0.242 e. The summed E-state index contributed by atoms with van der Waals surface area (Å²) < 4.78 is 0. The van der Waals surface area contributed by atoms with Crippen LogP contribution in [-0.4, -0.2) is 24.4 Å². The van der Waals surface area contributed by atoms with Gasteiger partial charge < -0.3 is 4.90 Å². The number of amides is 1. The van der Waals surface area contributed by atoms with Crippen molar-refractivity contribution in [3.8, 4) is 6.07 Å². The van der Waals surface area contributed by atoms with Crippen molar-refractivity contribution in [1.82, 2.24) is 4.90 Å². The molecule has 1 aliphatic carbocycles. The van der Waals surface area contributed by atoms with E-state index in [0.717, 1.165) is 6.54 Å². The minimum absolute atomic E-state index is 0.0237. The second kappa shape index (κ2) is 5.34. The third kappa shape index (κ3) is 2.75. The summed E-state index contributed by atoms with van der Waals surface area (Å²) in [5.41, 5.74) is -0.840. The molecule has 1 amide bonds. The number of carbonyl (C=O) groups is 1. The Morgan fingerprint density at radius 1 is 1.50 bits per heavy atom. The largest absolute Gasteiger partial charge is 0.344 e. The van der Waals surface area contributed by atoms with Gasteiger partial charge in [0.25, 0.3) is 0 Å². The number of carbonyl (C=O) groups excluding carboxylic acids is 1. The molecule has 0 aromatic rings. The summed E-state index contributed by atoms with van der Waals surface area (Å²) in [5.74, 6) is 0.623. The van der Waals surface area contributed by atoms with Gasteiger partial charge in [0.15, 0.2) is 0 Å². The van der Waals surface area contributed by atoms with E-state index in [1.807, 2.05) is 14.0 Å². The minimum atomic E-state index is -0.840. The lowest BCUT2D eigenvalue weighted by Crippen LogP contribution is -2.41. The zero-order valence-corrected chi connectivity index (χ0v) is 10.6. The zero-order chi connectivity index (χ0) is 12.2. The molecule has 0 heterocycles. The fraction of sp³-hybridized carbons (Fsp3) is 0.846. The van der Waals surface area contributed by atoms with E-state index in [9.17, 15) is 4.79 Å². The SMILES string of the molecule is CCC(C)(C#N)C(=O)N(C)CC1CCCC1. The molecule has 0 aromatic heterocycles. The van der Waals surface area contributed by atoms with E-state index < -0.39 is 5.41 Å². The molecule has 0 bridgehead atoms. The van der Waals surface area contributed by atoms with Crippen molar-refractivity contribution < 1.29 is 4.79 Å². The fourth-order valence-corrected chi connectivity index (χ4v) is 2.36. The van der Waals surface area contributed by atoms with Gasteiger partial charge in [-0.05, 0) is 32.1 Å². The van der Waals surface area contributed by atoms with Crippen LogP contribution in [0.5, 0.6) is 0 Å². The monoisotopic (exact) mass is 222 g/mol. The molecule has 0 spiro atoms. The molecule has 3 heteroatoms. The van der Waals surface area contributed by atoms with Gasteiger partial charge in [-0.15, -0.1) is 0 Å². The van der Waals surface area contributed by atoms with E-state index in [0.29, 0.717) is 12.3 Å². The number of hydrogen-bond donors (Lipinski definition) is 0. The number of rotatable bonds is 4. The molecule has 0 saturated heterocycles. The molecule has 90 valence electrons. The molecule has 1 aliphatic rings. The normalized spacial score (nSPS) is 20.1. The topological polar surface area (TPSA) is 44.1 Å². The highest BCUT2D eigenvalue weighted by molar-refractivity contribution is 5.84. The van der Waals surface area contributed by atoms with Gasteiger partial charge in [-0.1, -0.05) is 19.8 Å². The average molecular weight is 222 g/mol. The fourth-order valence-electron chi connectivity index (χ4n) is 2.36. The first-order valence-electron chi connectivity index (χ1n) is 6.20. The predicted octanol–water partition coefficient (Wildman–Crippen LogP) is 2.57. The van der Waals surface area contributed by atoms with Crippen LogP contribution in [0.1, 0.15) is 46.0 Å². The second-order valence-corrected chi connectivity index (χ2v) is 5.13. The van der Waals surface area contributed by atoms with Crippen LogP contribution in [-0.2, 0) is 4.79 Å². The third-order valence-electron chi connectivity index (χ3n) is 3.78. The molecule has 0 aliphatic heterocycles. The molecule has 0 radical (unpaired) electrons. The third-order valence-corrected chi connectivity index (χ3v) is 3.78. The zero-order valence-electron chi connectivity index (χ0n) is 10.6. The van der Waals surface area contributed by atoms with Gasteiger partial charge in [0.05, 0.1) is 6.07 Å². The Balaban J connectivity index is 2.56. The number of hydrogen-bond acceptors (Lipinski definition) is 2. The summed E-state index contributed by atoms with van der Waals surface area (Å²) in [6.45, 7) is 4.45. The maximum Gasteiger partial charge on any atom is 0.242 e. The van der Waals surface area contributed by atoms with E-state index in [4.69, 9.17) is 5.26 Å². The van der Waals surface area contributed by atoms with Crippen LogP contribution < -0.4 is 0 Å². The van der Waals surface area contributed by atoms with E-state index in [1.165, 1.54) is 25.7 Å². The maximum atomic E-state index is 12.1. The minimum Gasteiger partial charge on any atom is -0.344 e. The standard InChI is InChI=1S/C13H22N2O/c1-4-13(2,10-14)12(16)15(3)9-11-7-5-6-8-11/h11H,4-9H2,1-3H3. The van der Waals surface area contributed by atoms with Crippen molar-refractivity contribution in [2.24, 2.45) is 11.3 Å². The van der Waals surface area contributed by atoms with Gasteiger partial charge >= 0.3 is 0 Å². The van der Waals surface area contributed by atoms with Crippen molar-refractivity contribution in [3.05, 3.63) is 0 Å². The van der Waals surface area contributed by atoms with Crippen LogP contribution in [0.2, 0.25) is 0 Å². The lowest BCUT2D eigenvalue weighted by molar-refractivity contribution is -0.137. The van der Waals surface area contributed by atoms with Gasteiger partial charge in [0.1, 0.15) is 5.41 Å². The van der Waals surface area contributed by atoms with Crippen molar-refractivity contribution in [2.75, 3.05) is 13.6 Å². The lowest BCUT2D eigenvalue weighted by Gasteiger charge is -2.28. The van der Waals surface area contributed by atoms with E-state index >= 15 is 0 Å². The van der Waals surface area contributed by atoms with Gasteiger partial charge in [0.2, 0.25) is 5.91 Å². The van der Waals surface area contributed by atoms with E-state index in [-0.39, 0.29) is 5.91 Å². The molecule has 1 unspecified atom stereocenters. The van der Waals surface area contributed by atoms with Crippen LogP contribution in [0.4, 0.5) is 0 Å².